The van der Waals surface area contributed by atoms with Gasteiger partial charge in [0, 0.05) is 24.0 Å². The smallest absolute Gasteiger partial charge is 0.475 e. The van der Waals surface area contributed by atoms with Crippen LogP contribution in [0, 0.1) is 17.3 Å². The molecule has 1 saturated heterocycles. The van der Waals surface area contributed by atoms with Crippen LogP contribution in [0.4, 0.5) is 13.2 Å². The van der Waals surface area contributed by atoms with E-state index in [-0.39, 0.29) is 0 Å². The van der Waals surface area contributed by atoms with Gasteiger partial charge in [-0.3, -0.25) is 9.69 Å². The predicted octanol–water partition coefficient (Wildman–Crippen LogP) is 3.29. The Balaban J connectivity index is 0.000000298. The molecule has 1 amide bonds. The van der Waals surface area contributed by atoms with Crippen LogP contribution in [0.25, 0.3) is 0 Å². The number of carbonyl (C=O) groups excluding carboxylic acids is 1. The SMILES string of the molecule is O=C(NCC1CC12CCN(Cc1nccs1)CC2)C1CCC1.O=C(O)C(F)(F)F. The fraction of sp³-hybridized carbons (Fsp3) is 0.737. The van der Waals surface area contributed by atoms with Crippen molar-refractivity contribution in [1.82, 2.24) is 15.2 Å². The van der Waals surface area contributed by atoms with Crippen molar-refractivity contribution in [3.05, 3.63) is 16.6 Å². The summed E-state index contributed by atoms with van der Waals surface area (Å²) in [6.07, 6.45) is 4.17. The first-order chi connectivity index (χ1) is 13.7. The summed E-state index contributed by atoms with van der Waals surface area (Å²) in [7, 11) is 0. The van der Waals surface area contributed by atoms with E-state index < -0.39 is 12.1 Å². The van der Waals surface area contributed by atoms with Gasteiger partial charge in [-0.15, -0.1) is 11.3 Å². The molecule has 10 heteroatoms. The Bertz CT molecular complexity index is 699. The van der Waals surface area contributed by atoms with Crippen LogP contribution in [0.15, 0.2) is 11.6 Å². The number of hydrogen-bond donors (Lipinski definition) is 2. The van der Waals surface area contributed by atoms with E-state index in [0.717, 1.165) is 31.8 Å². The summed E-state index contributed by atoms with van der Waals surface area (Å²) in [5, 5.41) is 13.6. The second kappa shape index (κ2) is 8.99. The number of piperidine rings is 1. The van der Waals surface area contributed by atoms with Gasteiger partial charge in [-0.2, -0.15) is 13.2 Å². The second-order valence-corrected chi connectivity index (χ2v) is 9.12. The van der Waals surface area contributed by atoms with Crippen LogP contribution in [0.5, 0.6) is 0 Å². The monoisotopic (exact) mass is 433 g/mol. The maximum absolute atomic E-state index is 11.9. The fourth-order valence-corrected chi connectivity index (χ4v) is 4.71. The maximum Gasteiger partial charge on any atom is 0.490 e. The number of rotatable bonds is 5. The van der Waals surface area contributed by atoms with Crippen LogP contribution < -0.4 is 5.32 Å². The molecule has 1 aliphatic heterocycles. The maximum atomic E-state index is 11.9. The van der Waals surface area contributed by atoms with Gasteiger partial charge in [-0.05, 0) is 56.5 Å². The largest absolute Gasteiger partial charge is 0.490 e. The van der Waals surface area contributed by atoms with Crippen molar-refractivity contribution in [3.63, 3.8) is 0 Å². The van der Waals surface area contributed by atoms with Gasteiger partial charge >= 0.3 is 12.1 Å². The molecule has 4 rings (SSSR count). The van der Waals surface area contributed by atoms with E-state index in [2.05, 4.69) is 20.6 Å². The highest BCUT2D eigenvalue weighted by molar-refractivity contribution is 7.09. The number of carboxylic acid groups (broad SMARTS) is 1. The van der Waals surface area contributed by atoms with Crippen molar-refractivity contribution in [3.8, 4) is 0 Å². The summed E-state index contributed by atoms with van der Waals surface area (Å²) < 4.78 is 31.7. The van der Waals surface area contributed by atoms with E-state index in [1.54, 1.807) is 11.3 Å². The first-order valence-corrected chi connectivity index (χ1v) is 10.8. The van der Waals surface area contributed by atoms with Gasteiger partial charge < -0.3 is 10.4 Å². The number of thiazole rings is 1. The van der Waals surface area contributed by atoms with Crippen molar-refractivity contribution in [2.24, 2.45) is 17.3 Å². The van der Waals surface area contributed by atoms with Crippen molar-refractivity contribution in [2.45, 2.75) is 51.2 Å². The summed E-state index contributed by atoms with van der Waals surface area (Å²) in [6.45, 7) is 4.30. The number of halogens is 3. The molecule has 1 spiro atoms. The highest BCUT2D eigenvalue weighted by Gasteiger charge is 2.54. The van der Waals surface area contributed by atoms with Gasteiger partial charge in [0.2, 0.25) is 5.91 Å². The molecule has 3 aliphatic rings. The third-order valence-electron chi connectivity index (χ3n) is 6.29. The van der Waals surface area contributed by atoms with Crippen molar-refractivity contribution < 1.29 is 27.9 Å². The molecule has 2 aliphatic carbocycles. The van der Waals surface area contributed by atoms with Crippen molar-refractivity contribution in [1.29, 1.82) is 0 Å². The fourth-order valence-electron chi connectivity index (χ4n) is 4.05. The lowest BCUT2D eigenvalue weighted by molar-refractivity contribution is -0.192. The Labute approximate surface area is 171 Å². The summed E-state index contributed by atoms with van der Waals surface area (Å²) in [5.74, 6) is -1.38. The Morgan fingerprint density at radius 2 is 1.97 bits per heavy atom. The van der Waals surface area contributed by atoms with Crippen LogP contribution in [0.3, 0.4) is 0 Å². The zero-order valence-electron chi connectivity index (χ0n) is 16.1. The molecule has 0 aromatic carbocycles. The van der Waals surface area contributed by atoms with Crippen molar-refractivity contribution in [2.75, 3.05) is 19.6 Å². The molecular weight excluding hydrogens is 407 g/mol. The first kappa shape index (κ1) is 22.0. The van der Waals surface area contributed by atoms with Crippen molar-refractivity contribution >= 4 is 23.2 Å². The number of likely N-dealkylation sites (tertiary alicyclic amines) is 1. The molecule has 2 heterocycles. The van der Waals surface area contributed by atoms with E-state index in [0.29, 0.717) is 17.2 Å². The number of nitrogens with zero attached hydrogens (tertiary/aromatic N) is 2. The molecule has 0 radical (unpaired) electrons. The lowest BCUT2D eigenvalue weighted by Crippen LogP contribution is -2.38. The summed E-state index contributed by atoms with van der Waals surface area (Å²) in [4.78, 5) is 27.7. The number of alkyl halides is 3. The molecule has 162 valence electrons. The molecule has 6 nitrogen and oxygen atoms in total. The number of aromatic nitrogens is 1. The van der Waals surface area contributed by atoms with E-state index in [4.69, 9.17) is 9.90 Å². The van der Waals surface area contributed by atoms with Crippen LogP contribution in [0.1, 0.15) is 43.5 Å². The average Bonchev–Trinajstić information content (AvgIpc) is 3.01. The van der Waals surface area contributed by atoms with Crippen LogP contribution in [-0.2, 0) is 16.1 Å². The van der Waals surface area contributed by atoms with Gasteiger partial charge in [-0.1, -0.05) is 6.42 Å². The molecule has 2 saturated carbocycles. The number of hydrogen-bond acceptors (Lipinski definition) is 5. The molecule has 29 heavy (non-hydrogen) atoms. The minimum absolute atomic E-state index is 0.314. The highest BCUT2D eigenvalue weighted by Crippen LogP contribution is 2.59. The van der Waals surface area contributed by atoms with E-state index in [1.165, 1.54) is 43.8 Å². The molecule has 1 aromatic rings. The van der Waals surface area contributed by atoms with E-state index in [1.807, 2.05) is 6.20 Å². The molecule has 0 bridgehead atoms. The van der Waals surface area contributed by atoms with Gasteiger partial charge in [-0.25, -0.2) is 9.78 Å². The molecule has 1 atom stereocenters. The Kier molecular flexibility index (Phi) is 6.83. The quantitative estimate of drug-likeness (QED) is 0.745. The first-order valence-electron chi connectivity index (χ1n) is 9.88. The number of carbonyl (C=O) groups is 2. The van der Waals surface area contributed by atoms with Gasteiger partial charge in [0.15, 0.2) is 0 Å². The Hall–Kier alpha value is -1.68. The second-order valence-electron chi connectivity index (χ2n) is 8.14. The molecular formula is C19H26F3N3O3S. The lowest BCUT2D eigenvalue weighted by atomic mass is 9.84. The Morgan fingerprint density at radius 1 is 1.31 bits per heavy atom. The molecule has 1 aromatic heterocycles. The number of aliphatic carboxylic acids is 1. The molecule has 2 N–H and O–H groups in total. The topological polar surface area (TPSA) is 82.5 Å². The van der Waals surface area contributed by atoms with E-state index >= 15 is 0 Å². The minimum Gasteiger partial charge on any atom is -0.475 e. The van der Waals surface area contributed by atoms with Gasteiger partial charge in [0.25, 0.3) is 0 Å². The van der Waals surface area contributed by atoms with Crippen LogP contribution >= 0.6 is 11.3 Å². The third-order valence-corrected chi connectivity index (χ3v) is 7.06. The third kappa shape index (κ3) is 5.91. The van der Waals surface area contributed by atoms with Gasteiger partial charge in [0.1, 0.15) is 5.01 Å². The normalized spacial score (nSPS) is 23.6. The predicted molar refractivity (Wildman–Crippen MR) is 101 cm³/mol. The summed E-state index contributed by atoms with van der Waals surface area (Å²) >= 11 is 1.75. The van der Waals surface area contributed by atoms with Gasteiger partial charge in [0.05, 0.1) is 6.54 Å². The molecule has 3 fully saturated rings. The zero-order valence-corrected chi connectivity index (χ0v) is 16.9. The molecule has 1 unspecified atom stereocenters. The standard InChI is InChI=1S/C17H25N3OS.C2HF3O2/c21-16(13-2-1-3-13)19-11-14-10-17(14)4-7-20(8-5-17)12-15-18-6-9-22-15;3-2(4,5)1(6)7/h6,9,13-14H,1-5,7-8,10-12H2,(H,19,21);(H,6,7). The van der Waals surface area contributed by atoms with E-state index in [9.17, 15) is 18.0 Å². The summed E-state index contributed by atoms with van der Waals surface area (Å²) in [5.41, 5.74) is 0.548. The van der Waals surface area contributed by atoms with Crippen LogP contribution in [-0.4, -0.2) is 52.7 Å². The summed E-state index contributed by atoms with van der Waals surface area (Å²) in [6, 6.07) is 0. The zero-order chi connectivity index (χ0) is 21.1. The number of carboxylic acids is 1. The lowest BCUT2D eigenvalue weighted by Gasteiger charge is -2.32. The Morgan fingerprint density at radius 3 is 2.45 bits per heavy atom. The number of amides is 1. The highest BCUT2D eigenvalue weighted by atomic mass is 32.1. The minimum atomic E-state index is -5.08. The van der Waals surface area contributed by atoms with Crippen LogP contribution in [0.2, 0.25) is 0 Å². The number of nitrogens with one attached hydrogen (secondary N) is 1. The average molecular weight is 433 g/mol.